The maximum atomic E-state index is 13.4. The molecule has 24 heavy (non-hydrogen) atoms. The minimum atomic E-state index is -0.372. The molecule has 134 valence electrons. The lowest BCUT2D eigenvalue weighted by molar-refractivity contribution is -0.121. The third-order valence-corrected chi connectivity index (χ3v) is 4.40. The topological polar surface area (TPSA) is 44.8 Å². The average Bonchev–Trinajstić information content (AvgIpc) is 2.58. The van der Waals surface area contributed by atoms with Crippen LogP contribution in [0.15, 0.2) is 24.3 Å². The van der Waals surface area contributed by atoms with Crippen LogP contribution in [0.25, 0.3) is 0 Å². The van der Waals surface area contributed by atoms with E-state index in [0.717, 1.165) is 26.2 Å². The number of nitrogens with one attached hydrogen (secondary N) is 1. The first-order chi connectivity index (χ1) is 11.6. The zero-order chi connectivity index (χ0) is 17.4. The van der Waals surface area contributed by atoms with E-state index in [-0.39, 0.29) is 17.5 Å². The second-order valence-electron chi connectivity index (χ2n) is 6.37. The molecule has 1 unspecified atom stereocenters. The summed E-state index contributed by atoms with van der Waals surface area (Å²) in [5, 5.41) is 2.98. The standard InChI is InChI=1S/C18H28FN3O2/c1-15(22-11-9-21(2)10-12-22)14-20-18(23)8-5-13-24-17-7-4-3-6-16(17)19/h3-4,6-7,15H,5,8-14H2,1-2H3,(H,20,23). The molecule has 2 rings (SSSR count). The molecule has 1 aromatic rings. The third-order valence-electron chi connectivity index (χ3n) is 4.40. The maximum Gasteiger partial charge on any atom is 0.220 e. The second-order valence-corrected chi connectivity index (χ2v) is 6.37. The van der Waals surface area contributed by atoms with Crippen LogP contribution in [-0.4, -0.2) is 68.1 Å². The lowest BCUT2D eigenvalue weighted by Gasteiger charge is -2.36. The Morgan fingerprint density at radius 3 is 2.71 bits per heavy atom. The Balaban J connectivity index is 1.57. The zero-order valence-electron chi connectivity index (χ0n) is 14.6. The molecule has 0 radical (unpaired) electrons. The molecule has 0 bridgehead atoms. The van der Waals surface area contributed by atoms with E-state index >= 15 is 0 Å². The predicted octanol–water partition coefficient (Wildman–Crippen LogP) is 1.74. The fraction of sp³-hybridized carbons (Fsp3) is 0.611. The van der Waals surface area contributed by atoms with Crippen molar-refractivity contribution in [1.29, 1.82) is 0 Å². The molecular weight excluding hydrogens is 309 g/mol. The molecule has 1 N–H and O–H groups in total. The number of hydrogen-bond acceptors (Lipinski definition) is 4. The van der Waals surface area contributed by atoms with Crippen molar-refractivity contribution in [2.75, 3.05) is 46.4 Å². The molecule has 0 aromatic heterocycles. The van der Waals surface area contributed by atoms with Crippen LogP contribution >= 0.6 is 0 Å². The molecule has 0 aliphatic carbocycles. The highest BCUT2D eigenvalue weighted by Gasteiger charge is 2.19. The Morgan fingerprint density at radius 2 is 2.00 bits per heavy atom. The van der Waals surface area contributed by atoms with Crippen LogP contribution in [0.4, 0.5) is 4.39 Å². The van der Waals surface area contributed by atoms with Crippen LogP contribution in [0.2, 0.25) is 0 Å². The van der Waals surface area contributed by atoms with Crippen molar-refractivity contribution in [2.24, 2.45) is 0 Å². The van der Waals surface area contributed by atoms with Crippen molar-refractivity contribution in [3.05, 3.63) is 30.1 Å². The summed E-state index contributed by atoms with van der Waals surface area (Å²) in [6, 6.07) is 6.65. The highest BCUT2D eigenvalue weighted by atomic mass is 19.1. The van der Waals surface area contributed by atoms with Crippen LogP contribution in [0.1, 0.15) is 19.8 Å². The number of amides is 1. The van der Waals surface area contributed by atoms with Gasteiger partial charge in [-0.05, 0) is 32.5 Å². The van der Waals surface area contributed by atoms with Gasteiger partial charge in [0.2, 0.25) is 5.91 Å². The van der Waals surface area contributed by atoms with Gasteiger partial charge in [-0.25, -0.2) is 4.39 Å². The summed E-state index contributed by atoms with van der Waals surface area (Å²) >= 11 is 0. The third kappa shape index (κ3) is 6.09. The Hall–Kier alpha value is -1.66. The molecule has 5 nitrogen and oxygen atoms in total. The van der Waals surface area contributed by atoms with E-state index in [9.17, 15) is 9.18 Å². The molecular formula is C18H28FN3O2. The van der Waals surface area contributed by atoms with Crippen molar-refractivity contribution in [3.63, 3.8) is 0 Å². The summed E-state index contributed by atoms with van der Waals surface area (Å²) in [7, 11) is 2.13. The summed E-state index contributed by atoms with van der Waals surface area (Å²) in [5.74, 6) is -0.113. The van der Waals surface area contributed by atoms with Gasteiger partial charge in [0, 0.05) is 45.2 Å². The minimum absolute atomic E-state index is 0.0214. The van der Waals surface area contributed by atoms with Gasteiger partial charge in [0.15, 0.2) is 11.6 Å². The number of benzene rings is 1. The zero-order valence-corrected chi connectivity index (χ0v) is 14.6. The van der Waals surface area contributed by atoms with Gasteiger partial charge < -0.3 is 15.0 Å². The molecule has 1 atom stereocenters. The average molecular weight is 337 g/mol. The number of hydrogen-bond donors (Lipinski definition) is 1. The molecule has 1 aliphatic heterocycles. The molecule has 1 aliphatic rings. The summed E-state index contributed by atoms with van der Waals surface area (Å²) in [6.07, 6.45) is 0.965. The summed E-state index contributed by atoms with van der Waals surface area (Å²) in [5.41, 5.74) is 0. The Kier molecular flexibility index (Phi) is 7.46. The molecule has 1 aromatic carbocycles. The summed E-state index contributed by atoms with van der Waals surface area (Å²) in [4.78, 5) is 16.6. The number of piperazine rings is 1. The van der Waals surface area contributed by atoms with E-state index in [0.29, 0.717) is 32.0 Å². The van der Waals surface area contributed by atoms with Gasteiger partial charge in [-0.1, -0.05) is 12.1 Å². The van der Waals surface area contributed by atoms with E-state index in [1.807, 2.05) is 0 Å². The van der Waals surface area contributed by atoms with Gasteiger partial charge in [-0.3, -0.25) is 9.69 Å². The number of ether oxygens (including phenoxy) is 1. The van der Waals surface area contributed by atoms with Crippen LogP contribution in [0.3, 0.4) is 0 Å². The molecule has 1 heterocycles. The highest BCUT2D eigenvalue weighted by molar-refractivity contribution is 5.75. The number of carbonyl (C=O) groups excluding carboxylic acids is 1. The van der Waals surface area contributed by atoms with Crippen molar-refractivity contribution in [3.8, 4) is 5.75 Å². The first kappa shape index (κ1) is 18.7. The first-order valence-corrected chi connectivity index (χ1v) is 8.63. The molecule has 1 fully saturated rings. The summed E-state index contributed by atoms with van der Waals surface area (Å²) < 4.78 is 18.7. The number of halogens is 1. The first-order valence-electron chi connectivity index (χ1n) is 8.63. The van der Waals surface area contributed by atoms with Crippen LogP contribution in [0.5, 0.6) is 5.75 Å². The van der Waals surface area contributed by atoms with Gasteiger partial charge in [0.1, 0.15) is 0 Å². The van der Waals surface area contributed by atoms with E-state index in [1.54, 1.807) is 18.2 Å². The fourth-order valence-electron chi connectivity index (χ4n) is 2.72. The van der Waals surface area contributed by atoms with Crippen molar-refractivity contribution < 1.29 is 13.9 Å². The highest BCUT2D eigenvalue weighted by Crippen LogP contribution is 2.15. The van der Waals surface area contributed by atoms with Crippen LogP contribution in [0, 0.1) is 5.82 Å². The van der Waals surface area contributed by atoms with Gasteiger partial charge in [-0.2, -0.15) is 0 Å². The van der Waals surface area contributed by atoms with Gasteiger partial charge in [-0.15, -0.1) is 0 Å². The number of para-hydroxylation sites is 1. The fourth-order valence-corrected chi connectivity index (χ4v) is 2.72. The number of likely N-dealkylation sites (N-methyl/N-ethyl adjacent to an activating group) is 1. The van der Waals surface area contributed by atoms with E-state index in [1.165, 1.54) is 6.07 Å². The van der Waals surface area contributed by atoms with E-state index in [4.69, 9.17) is 4.74 Å². The minimum Gasteiger partial charge on any atom is -0.491 e. The molecule has 1 saturated heterocycles. The van der Waals surface area contributed by atoms with Crippen molar-refractivity contribution >= 4 is 5.91 Å². The van der Waals surface area contributed by atoms with Gasteiger partial charge in [0.05, 0.1) is 6.61 Å². The second kappa shape index (κ2) is 9.59. The summed E-state index contributed by atoms with van der Waals surface area (Å²) in [6.45, 7) is 7.39. The van der Waals surface area contributed by atoms with Crippen molar-refractivity contribution in [2.45, 2.75) is 25.8 Å². The lowest BCUT2D eigenvalue weighted by Crippen LogP contribution is -2.51. The maximum absolute atomic E-state index is 13.4. The van der Waals surface area contributed by atoms with Crippen LogP contribution < -0.4 is 10.1 Å². The molecule has 1 amide bonds. The largest absolute Gasteiger partial charge is 0.491 e. The molecule has 0 saturated carbocycles. The van der Waals surface area contributed by atoms with Crippen LogP contribution in [-0.2, 0) is 4.79 Å². The lowest BCUT2D eigenvalue weighted by atomic mass is 10.2. The monoisotopic (exact) mass is 337 g/mol. The Morgan fingerprint density at radius 1 is 1.29 bits per heavy atom. The van der Waals surface area contributed by atoms with E-state index < -0.39 is 0 Å². The van der Waals surface area contributed by atoms with Gasteiger partial charge >= 0.3 is 0 Å². The SMILES string of the molecule is CC(CNC(=O)CCCOc1ccccc1F)N1CCN(C)CC1. The van der Waals surface area contributed by atoms with Gasteiger partial charge in [0.25, 0.3) is 0 Å². The Bertz CT molecular complexity index is 519. The predicted molar refractivity (Wildman–Crippen MR) is 92.7 cm³/mol. The number of carbonyl (C=O) groups is 1. The molecule has 0 spiro atoms. The van der Waals surface area contributed by atoms with E-state index in [2.05, 4.69) is 29.1 Å². The number of nitrogens with zero attached hydrogens (tertiary/aromatic N) is 2. The quantitative estimate of drug-likeness (QED) is 0.734. The number of rotatable bonds is 8. The smallest absolute Gasteiger partial charge is 0.220 e. The van der Waals surface area contributed by atoms with Crippen molar-refractivity contribution in [1.82, 2.24) is 15.1 Å². The Labute approximate surface area is 143 Å². The molecule has 6 heteroatoms. The normalized spacial score (nSPS) is 17.5.